The average Bonchev–Trinajstić information content (AvgIpc) is 2.73. The molecule has 0 bridgehead atoms. The lowest BCUT2D eigenvalue weighted by Gasteiger charge is -2.11. The summed E-state index contributed by atoms with van der Waals surface area (Å²) in [6, 6.07) is 11.4. The molecule has 0 aliphatic heterocycles. The highest BCUT2D eigenvalue weighted by atomic mass is 16.5. The van der Waals surface area contributed by atoms with Crippen LogP contribution in [-0.4, -0.2) is 50.9 Å². The van der Waals surface area contributed by atoms with Crippen LogP contribution < -0.4 is 24.8 Å². The topological polar surface area (TPSA) is 116 Å². The fourth-order valence-corrected chi connectivity index (χ4v) is 2.51. The first-order valence-electron chi connectivity index (χ1n) is 10.1. The van der Waals surface area contributed by atoms with Crippen LogP contribution in [0.4, 0.5) is 11.9 Å². The van der Waals surface area contributed by atoms with Gasteiger partial charge in [0, 0.05) is 24.7 Å². The van der Waals surface area contributed by atoms with Crippen molar-refractivity contribution in [1.29, 1.82) is 0 Å². The predicted molar refractivity (Wildman–Crippen MR) is 117 cm³/mol. The molecule has 0 aliphatic carbocycles. The summed E-state index contributed by atoms with van der Waals surface area (Å²) in [7, 11) is 0. The highest BCUT2D eigenvalue weighted by Crippen LogP contribution is 2.19. The molecule has 0 amide bonds. The molecule has 3 rings (SSSR count). The third-order valence-corrected chi connectivity index (χ3v) is 3.86. The van der Waals surface area contributed by atoms with Crippen LogP contribution in [0.1, 0.15) is 26.3 Å². The molecule has 1 aromatic carbocycles. The third kappa shape index (κ3) is 6.95. The van der Waals surface area contributed by atoms with Crippen molar-refractivity contribution in [2.75, 3.05) is 30.4 Å². The summed E-state index contributed by atoms with van der Waals surface area (Å²) < 4.78 is 16.9. The Bertz CT molecular complexity index is 967. The number of hydrogen-bond acceptors (Lipinski definition) is 10. The van der Waals surface area contributed by atoms with Crippen molar-refractivity contribution in [3.8, 4) is 23.5 Å². The molecular weight excluding hydrogens is 398 g/mol. The minimum Gasteiger partial charge on any atom is -0.490 e. The van der Waals surface area contributed by atoms with Gasteiger partial charge < -0.3 is 24.8 Å². The van der Waals surface area contributed by atoms with Gasteiger partial charge >= 0.3 is 6.01 Å². The molecule has 2 N–H and O–H groups in total. The first-order valence-corrected chi connectivity index (χ1v) is 10.1. The van der Waals surface area contributed by atoms with Crippen molar-refractivity contribution in [3.05, 3.63) is 42.0 Å². The first-order chi connectivity index (χ1) is 15.0. The normalized spacial score (nSPS) is 10.6. The number of benzene rings is 1. The van der Waals surface area contributed by atoms with Gasteiger partial charge in [0.05, 0.1) is 0 Å². The monoisotopic (exact) mass is 425 g/mol. The molecule has 2 heterocycles. The molecule has 164 valence electrons. The maximum atomic E-state index is 5.70. The fraction of sp³-hybridized carbons (Fsp3) is 0.381. The molecule has 3 aromatic rings. The van der Waals surface area contributed by atoms with Crippen LogP contribution >= 0.6 is 0 Å². The Morgan fingerprint density at radius 3 is 2.29 bits per heavy atom. The minimum absolute atomic E-state index is 0.115. The van der Waals surface area contributed by atoms with Gasteiger partial charge in [0.2, 0.25) is 23.7 Å². The van der Waals surface area contributed by atoms with E-state index in [1.807, 2.05) is 52.0 Å². The third-order valence-electron chi connectivity index (χ3n) is 3.86. The van der Waals surface area contributed by atoms with Gasteiger partial charge in [-0.1, -0.05) is 18.2 Å². The fourth-order valence-electron chi connectivity index (χ4n) is 2.51. The number of anilines is 2. The number of nitrogens with one attached hydrogen (secondary N) is 2. The van der Waals surface area contributed by atoms with Crippen LogP contribution in [0, 0.1) is 6.92 Å². The quantitative estimate of drug-likeness (QED) is 0.442. The molecule has 0 saturated heterocycles. The molecule has 2 aromatic heterocycles. The van der Waals surface area contributed by atoms with Crippen molar-refractivity contribution < 1.29 is 14.2 Å². The Balaban J connectivity index is 1.55. The van der Waals surface area contributed by atoms with Gasteiger partial charge in [0.25, 0.3) is 0 Å². The summed E-state index contributed by atoms with van der Waals surface area (Å²) in [6.45, 7) is 9.35. The Hall–Kier alpha value is -3.69. The van der Waals surface area contributed by atoms with Crippen LogP contribution in [0.2, 0.25) is 0 Å². The van der Waals surface area contributed by atoms with E-state index >= 15 is 0 Å². The molecule has 0 aliphatic rings. The zero-order chi connectivity index (χ0) is 22.1. The number of aromatic nitrogens is 5. The maximum Gasteiger partial charge on any atom is 0.330 e. The Labute approximate surface area is 181 Å². The van der Waals surface area contributed by atoms with E-state index in [2.05, 4.69) is 35.8 Å². The molecular formula is C21H27N7O3. The van der Waals surface area contributed by atoms with E-state index in [9.17, 15) is 0 Å². The number of para-hydroxylation sites is 1. The molecule has 0 fully saturated rings. The molecule has 0 saturated carbocycles. The first kappa shape index (κ1) is 22.0. The van der Waals surface area contributed by atoms with Gasteiger partial charge in [-0.15, -0.1) is 10.2 Å². The molecule has 10 heteroatoms. The van der Waals surface area contributed by atoms with Crippen LogP contribution in [0.3, 0.4) is 0 Å². The van der Waals surface area contributed by atoms with Gasteiger partial charge in [0.1, 0.15) is 19.0 Å². The number of ether oxygens (including phenoxy) is 3. The summed E-state index contributed by atoms with van der Waals surface area (Å²) in [6.07, 6.45) is 0. The summed E-state index contributed by atoms with van der Waals surface area (Å²) in [5, 5.41) is 14.2. The molecule has 0 spiro atoms. The SMILES string of the molecule is CCNc1nc(NC(C)C)nc(Oc2ccc(OCCOc3ccccc3C)nn2)n1. The smallest absolute Gasteiger partial charge is 0.330 e. The van der Waals surface area contributed by atoms with E-state index in [4.69, 9.17) is 14.2 Å². The minimum atomic E-state index is 0.115. The number of nitrogens with zero attached hydrogens (tertiary/aromatic N) is 5. The van der Waals surface area contributed by atoms with Crippen LogP contribution in [0.25, 0.3) is 0 Å². The van der Waals surface area contributed by atoms with Gasteiger partial charge in [-0.2, -0.15) is 15.0 Å². The summed E-state index contributed by atoms with van der Waals surface area (Å²) in [4.78, 5) is 12.8. The maximum absolute atomic E-state index is 5.70. The lowest BCUT2D eigenvalue weighted by atomic mass is 10.2. The van der Waals surface area contributed by atoms with Gasteiger partial charge in [-0.05, 0) is 39.3 Å². The Morgan fingerprint density at radius 2 is 1.58 bits per heavy atom. The molecule has 0 radical (unpaired) electrons. The Kier molecular flexibility index (Phi) is 7.74. The largest absolute Gasteiger partial charge is 0.490 e. The second kappa shape index (κ2) is 10.9. The highest BCUT2D eigenvalue weighted by Gasteiger charge is 2.10. The average molecular weight is 425 g/mol. The summed E-state index contributed by atoms with van der Waals surface area (Å²) >= 11 is 0. The van der Waals surface area contributed by atoms with E-state index in [0.717, 1.165) is 11.3 Å². The van der Waals surface area contributed by atoms with E-state index < -0.39 is 0 Å². The second-order valence-corrected chi connectivity index (χ2v) is 6.87. The zero-order valence-electron chi connectivity index (χ0n) is 18.1. The van der Waals surface area contributed by atoms with Crippen molar-refractivity contribution in [2.45, 2.75) is 33.7 Å². The van der Waals surface area contributed by atoms with E-state index in [1.165, 1.54) is 0 Å². The van der Waals surface area contributed by atoms with E-state index in [1.54, 1.807) is 12.1 Å². The van der Waals surface area contributed by atoms with E-state index in [0.29, 0.717) is 37.5 Å². The lowest BCUT2D eigenvalue weighted by Crippen LogP contribution is -2.15. The van der Waals surface area contributed by atoms with Crippen LogP contribution in [-0.2, 0) is 0 Å². The Morgan fingerprint density at radius 1 is 0.871 bits per heavy atom. The highest BCUT2D eigenvalue weighted by molar-refractivity contribution is 5.37. The predicted octanol–water partition coefficient (Wildman–Crippen LogP) is 3.47. The molecule has 10 nitrogen and oxygen atoms in total. The molecule has 0 atom stereocenters. The zero-order valence-corrected chi connectivity index (χ0v) is 18.1. The van der Waals surface area contributed by atoms with Gasteiger partial charge in [-0.25, -0.2) is 0 Å². The standard InChI is InChI=1S/C21H27N7O3/c1-5-22-19-24-20(23-14(2)3)26-21(25-19)31-18-11-10-17(27-28-18)30-13-12-29-16-9-7-6-8-15(16)4/h6-11,14H,5,12-13H2,1-4H3,(H2,22,23,24,25,26). The number of aryl methyl sites for hydroxylation is 1. The lowest BCUT2D eigenvalue weighted by molar-refractivity contribution is 0.209. The number of hydrogen-bond donors (Lipinski definition) is 2. The van der Waals surface area contributed by atoms with Crippen molar-refractivity contribution in [3.63, 3.8) is 0 Å². The second-order valence-electron chi connectivity index (χ2n) is 6.87. The molecule has 0 unspecified atom stereocenters. The van der Waals surface area contributed by atoms with Gasteiger partial charge in [0.15, 0.2) is 0 Å². The number of rotatable bonds is 11. The van der Waals surface area contributed by atoms with Crippen LogP contribution in [0.5, 0.6) is 23.5 Å². The van der Waals surface area contributed by atoms with Crippen molar-refractivity contribution in [2.24, 2.45) is 0 Å². The summed E-state index contributed by atoms with van der Waals surface area (Å²) in [5.41, 5.74) is 1.08. The van der Waals surface area contributed by atoms with Gasteiger partial charge in [-0.3, -0.25) is 0 Å². The van der Waals surface area contributed by atoms with Crippen LogP contribution in [0.15, 0.2) is 36.4 Å². The summed E-state index contributed by atoms with van der Waals surface area (Å²) in [5.74, 6) is 2.27. The van der Waals surface area contributed by atoms with Crippen molar-refractivity contribution >= 4 is 11.9 Å². The molecule has 31 heavy (non-hydrogen) atoms. The van der Waals surface area contributed by atoms with E-state index in [-0.39, 0.29) is 17.9 Å². The van der Waals surface area contributed by atoms with Crippen molar-refractivity contribution in [1.82, 2.24) is 25.1 Å².